The van der Waals surface area contributed by atoms with Gasteiger partial charge in [0.15, 0.2) is 12.4 Å². The summed E-state index contributed by atoms with van der Waals surface area (Å²) in [7, 11) is 0. The molecule has 3 N–H and O–H groups in total. The fourth-order valence-electron chi connectivity index (χ4n) is 2.83. The molecule has 2 aromatic carbocycles. The average Bonchev–Trinajstić information content (AvgIpc) is 3.09. The van der Waals surface area contributed by atoms with E-state index in [-0.39, 0.29) is 18.9 Å². The summed E-state index contributed by atoms with van der Waals surface area (Å²) in [6, 6.07) is 13.9. The number of fused-ring (bicyclic) bond motifs is 1. The van der Waals surface area contributed by atoms with Crippen LogP contribution in [0.1, 0.15) is 28.6 Å². The molecule has 3 aromatic rings. The molecule has 0 saturated carbocycles. The van der Waals surface area contributed by atoms with E-state index in [1.165, 1.54) is 0 Å². The molecule has 1 heterocycles. The predicted octanol–water partition coefficient (Wildman–Crippen LogP) is 2.21. The summed E-state index contributed by atoms with van der Waals surface area (Å²) in [5, 5.41) is 3.11. The average molecular weight is 380 g/mol. The number of furan rings is 1. The Balaban J connectivity index is 1.73. The number of carbonyl (C=O) groups excluding carboxylic acids is 3. The van der Waals surface area contributed by atoms with Crippen LogP contribution in [0.5, 0.6) is 5.75 Å². The third-order valence-electron chi connectivity index (χ3n) is 4.16. The monoisotopic (exact) mass is 380 g/mol. The van der Waals surface area contributed by atoms with Crippen LogP contribution in [0.15, 0.2) is 52.9 Å². The van der Waals surface area contributed by atoms with Crippen molar-refractivity contribution in [1.29, 1.82) is 0 Å². The highest BCUT2D eigenvalue weighted by Crippen LogP contribution is 2.29. The maximum Gasteiger partial charge on any atom is 0.258 e. The molecule has 0 fully saturated rings. The van der Waals surface area contributed by atoms with Gasteiger partial charge in [0.25, 0.3) is 5.91 Å². The largest absolute Gasteiger partial charge is 0.484 e. The number of aryl methyl sites for hydroxylation is 1. The number of ketones is 1. The lowest BCUT2D eigenvalue weighted by atomic mass is 9.99. The normalized spacial score (nSPS) is 10.6. The second-order valence-electron chi connectivity index (χ2n) is 6.14. The first-order valence-electron chi connectivity index (χ1n) is 8.82. The molecule has 0 aliphatic carbocycles. The zero-order valence-electron chi connectivity index (χ0n) is 15.4. The molecule has 0 atom stereocenters. The van der Waals surface area contributed by atoms with E-state index in [9.17, 15) is 14.4 Å². The van der Waals surface area contributed by atoms with Crippen LogP contribution >= 0.6 is 0 Å². The van der Waals surface area contributed by atoms with Crippen molar-refractivity contribution < 1.29 is 23.5 Å². The third kappa shape index (κ3) is 4.20. The second-order valence-corrected chi connectivity index (χ2v) is 6.14. The molecule has 1 aromatic heterocycles. The Hall–Kier alpha value is -3.61. The lowest BCUT2D eigenvalue weighted by Gasteiger charge is -2.07. The van der Waals surface area contributed by atoms with E-state index in [1.807, 2.05) is 31.2 Å². The van der Waals surface area contributed by atoms with Gasteiger partial charge in [-0.05, 0) is 30.3 Å². The standard InChI is InChI=1S/C21H20N2O5/c1-2-16-20(15-5-3-4-6-17(15)28-16)21(26)13-7-9-14(10-8-13)27-12-19(25)23-11-18(22)24/h3-10H,2,11-12H2,1H3,(H2,22,24)(H,23,25). The van der Waals surface area contributed by atoms with Crippen LogP contribution in [0.2, 0.25) is 0 Å². The SMILES string of the molecule is CCc1oc2ccccc2c1C(=O)c1ccc(OCC(=O)NCC(N)=O)cc1. The molecule has 7 heteroatoms. The molecule has 0 radical (unpaired) electrons. The number of benzene rings is 2. The number of para-hydroxylation sites is 1. The van der Waals surface area contributed by atoms with Crippen molar-refractivity contribution in [3.05, 3.63) is 65.4 Å². The van der Waals surface area contributed by atoms with Gasteiger partial charge in [0, 0.05) is 17.4 Å². The quantitative estimate of drug-likeness (QED) is 0.582. The predicted molar refractivity (Wildman–Crippen MR) is 103 cm³/mol. The number of nitrogens with one attached hydrogen (secondary N) is 1. The number of hydrogen-bond acceptors (Lipinski definition) is 5. The van der Waals surface area contributed by atoms with Crippen molar-refractivity contribution in [2.75, 3.05) is 13.2 Å². The van der Waals surface area contributed by atoms with Gasteiger partial charge in [-0.15, -0.1) is 0 Å². The van der Waals surface area contributed by atoms with Crippen molar-refractivity contribution in [1.82, 2.24) is 5.32 Å². The van der Waals surface area contributed by atoms with E-state index in [4.69, 9.17) is 14.9 Å². The number of primary amides is 1. The molecular weight excluding hydrogens is 360 g/mol. The van der Waals surface area contributed by atoms with Gasteiger partial charge in [-0.25, -0.2) is 0 Å². The minimum Gasteiger partial charge on any atom is -0.484 e. The van der Waals surface area contributed by atoms with Gasteiger partial charge in [-0.1, -0.05) is 25.1 Å². The smallest absolute Gasteiger partial charge is 0.258 e. The molecule has 0 bridgehead atoms. The van der Waals surface area contributed by atoms with Gasteiger partial charge in [-0.3, -0.25) is 14.4 Å². The second kappa shape index (κ2) is 8.39. The van der Waals surface area contributed by atoms with Crippen molar-refractivity contribution >= 4 is 28.6 Å². The van der Waals surface area contributed by atoms with E-state index in [0.717, 1.165) is 5.39 Å². The van der Waals surface area contributed by atoms with Crippen LogP contribution < -0.4 is 15.8 Å². The van der Waals surface area contributed by atoms with E-state index in [0.29, 0.717) is 34.6 Å². The van der Waals surface area contributed by atoms with E-state index >= 15 is 0 Å². The van der Waals surface area contributed by atoms with Gasteiger partial charge < -0.3 is 20.2 Å². The number of rotatable bonds is 8. The lowest BCUT2D eigenvalue weighted by Crippen LogP contribution is -2.36. The summed E-state index contributed by atoms with van der Waals surface area (Å²) in [5.41, 5.74) is 6.70. The summed E-state index contributed by atoms with van der Waals surface area (Å²) in [6.45, 7) is 1.44. The minimum absolute atomic E-state index is 0.132. The van der Waals surface area contributed by atoms with Crippen LogP contribution in [0.4, 0.5) is 0 Å². The maximum atomic E-state index is 13.0. The van der Waals surface area contributed by atoms with Gasteiger partial charge in [0.2, 0.25) is 5.91 Å². The van der Waals surface area contributed by atoms with Crippen molar-refractivity contribution in [2.24, 2.45) is 5.73 Å². The Bertz CT molecular complexity index is 1020. The lowest BCUT2D eigenvalue weighted by molar-refractivity contribution is -0.126. The van der Waals surface area contributed by atoms with Crippen molar-refractivity contribution in [2.45, 2.75) is 13.3 Å². The molecule has 3 rings (SSSR count). The van der Waals surface area contributed by atoms with Crippen LogP contribution in [-0.4, -0.2) is 30.7 Å². The highest BCUT2D eigenvalue weighted by atomic mass is 16.5. The highest BCUT2D eigenvalue weighted by Gasteiger charge is 2.20. The topological polar surface area (TPSA) is 112 Å². The molecule has 0 aliphatic rings. The summed E-state index contributed by atoms with van der Waals surface area (Å²) in [5.74, 6) is -0.144. The van der Waals surface area contributed by atoms with Gasteiger partial charge >= 0.3 is 0 Å². The van der Waals surface area contributed by atoms with Crippen LogP contribution in [-0.2, 0) is 16.0 Å². The summed E-state index contributed by atoms with van der Waals surface area (Å²) in [4.78, 5) is 35.2. The van der Waals surface area contributed by atoms with E-state index in [2.05, 4.69) is 5.32 Å². The zero-order valence-corrected chi connectivity index (χ0v) is 15.4. The number of carbonyl (C=O) groups is 3. The van der Waals surface area contributed by atoms with Crippen LogP contribution in [0, 0.1) is 0 Å². The van der Waals surface area contributed by atoms with Gasteiger partial charge in [0.1, 0.15) is 17.1 Å². The summed E-state index contributed by atoms with van der Waals surface area (Å²) >= 11 is 0. The molecule has 2 amide bonds. The van der Waals surface area contributed by atoms with Crippen LogP contribution in [0.25, 0.3) is 11.0 Å². The molecular formula is C21H20N2O5. The number of ether oxygens (including phenoxy) is 1. The van der Waals surface area contributed by atoms with E-state index < -0.39 is 11.8 Å². The molecule has 0 spiro atoms. The van der Waals surface area contributed by atoms with Crippen LogP contribution in [0.3, 0.4) is 0 Å². The first-order valence-corrected chi connectivity index (χ1v) is 8.82. The number of amides is 2. The maximum absolute atomic E-state index is 13.0. The first kappa shape index (κ1) is 19.2. The van der Waals surface area contributed by atoms with E-state index in [1.54, 1.807) is 24.3 Å². The van der Waals surface area contributed by atoms with Gasteiger partial charge in [0.05, 0.1) is 12.1 Å². The minimum atomic E-state index is -0.630. The third-order valence-corrected chi connectivity index (χ3v) is 4.16. The van der Waals surface area contributed by atoms with Crippen molar-refractivity contribution in [3.8, 4) is 5.75 Å². The molecule has 7 nitrogen and oxygen atoms in total. The Morgan fingerprint density at radius 3 is 2.46 bits per heavy atom. The molecule has 28 heavy (non-hydrogen) atoms. The fourth-order valence-corrected chi connectivity index (χ4v) is 2.83. The summed E-state index contributed by atoms with van der Waals surface area (Å²) in [6.07, 6.45) is 0.608. The Labute approximate surface area is 161 Å². The van der Waals surface area contributed by atoms with Gasteiger partial charge in [-0.2, -0.15) is 0 Å². The van der Waals surface area contributed by atoms with Crippen molar-refractivity contribution in [3.63, 3.8) is 0 Å². The zero-order chi connectivity index (χ0) is 20.1. The Morgan fingerprint density at radius 2 is 1.79 bits per heavy atom. The molecule has 144 valence electrons. The highest BCUT2D eigenvalue weighted by molar-refractivity contribution is 6.16. The molecule has 0 saturated heterocycles. The fraction of sp³-hybridized carbons (Fsp3) is 0.190. The Morgan fingerprint density at radius 1 is 1.07 bits per heavy atom. The molecule has 0 unspecified atom stereocenters. The summed E-state index contributed by atoms with van der Waals surface area (Å²) < 4.78 is 11.1. The number of hydrogen-bond donors (Lipinski definition) is 2. The first-order chi connectivity index (χ1) is 13.5. The molecule has 0 aliphatic heterocycles. The number of nitrogens with two attached hydrogens (primary N) is 1. The Kier molecular flexibility index (Phi) is 5.74.